The van der Waals surface area contributed by atoms with Gasteiger partial charge in [-0.3, -0.25) is 4.79 Å². The van der Waals surface area contributed by atoms with Gasteiger partial charge in [-0.25, -0.2) is 28.4 Å². The van der Waals surface area contributed by atoms with Gasteiger partial charge in [-0.1, -0.05) is 6.92 Å². The molecule has 0 aliphatic carbocycles. The molecule has 2 aromatic heterocycles. The van der Waals surface area contributed by atoms with Crippen LogP contribution in [0.2, 0.25) is 0 Å². The second-order valence-electron chi connectivity index (χ2n) is 7.01. The Bertz CT molecular complexity index is 964. The lowest BCUT2D eigenvalue weighted by molar-refractivity contribution is -0.121. The van der Waals surface area contributed by atoms with E-state index >= 15 is 0 Å². The number of carbonyl (C=O) groups is 2. The van der Waals surface area contributed by atoms with Gasteiger partial charge in [0, 0.05) is 18.3 Å². The molecule has 154 valence electrons. The maximum atomic E-state index is 13.3. The minimum atomic E-state index is -2.76. The fourth-order valence-electron chi connectivity index (χ4n) is 3.35. The molecule has 0 bridgehead atoms. The first-order chi connectivity index (χ1) is 13.8. The molecule has 2 aliphatic heterocycles. The molecule has 4 rings (SSSR count). The number of rotatable bonds is 5. The van der Waals surface area contributed by atoms with Crippen molar-refractivity contribution in [3.63, 3.8) is 0 Å². The fraction of sp³-hybridized carbons (Fsp3) is 0.444. The highest BCUT2D eigenvalue weighted by Crippen LogP contribution is 2.34. The molecule has 0 aromatic carbocycles. The number of alkyl halides is 2. The summed E-state index contributed by atoms with van der Waals surface area (Å²) < 4.78 is 38.8. The standard InChI is InChI=1S/C18H19F2N5O4/c1-9(16(21)26)4-10-5-12-14(22-6-10)17-23-13(7-24(17)2-3-28-12)25-11(15(19)20)8-29-18(25)27/h5-7,9,11,15H,2-4,8H2,1H3,(H2,21,26)/t9-,11+/m1/s1. The lowest BCUT2D eigenvalue weighted by atomic mass is 10.0. The van der Waals surface area contributed by atoms with E-state index in [1.807, 2.05) is 0 Å². The van der Waals surface area contributed by atoms with E-state index in [9.17, 15) is 18.4 Å². The molecule has 0 spiro atoms. The summed E-state index contributed by atoms with van der Waals surface area (Å²) in [5.41, 5.74) is 6.51. The number of cyclic esters (lactones) is 1. The van der Waals surface area contributed by atoms with E-state index in [1.165, 1.54) is 6.20 Å². The first kappa shape index (κ1) is 19.1. The molecule has 2 atom stereocenters. The minimum absolute atomic E-state index is 0.0777. The summed E-state index contributed by atoms with van der Waals surface area (Å²) >= 11 is 0. The minimum Gasteiger partial charge on any atom is -0.489 e. The average Bonchev–Trinajstić information content (AvgIpc) is 3.21. The number of ether oxygens (including phenoxy) is 2. The van der Waals surface area contributed by atoms with Gasteiger partial charge in [0.05, 0.1) is 6.54 Å². The number of primary amides is 1. The Morgan fingerprint density at radius 2 is 2.21 bits per heavy atom. The van der Waals surface area contributed by atoms with E-state index in [4.69, 9.17) is 15.2 Å². The number of nitrogens with zero attached hydrogens (tertiary/aromatic N) is 4. The van der Waals surface area contributed by atoms with Crippen LogP contribution >= 0.6 is 0 Å². The largest absolute Gasteiger partial charge is 0.489 e. The summed E-state index contributed by atoms with van der Waals surface area (Å²) in [6.45, 7) is 2.03. The van der Waals surface area contributed by atoms with Crippen molar-refractivity contribution in [2.75, 3.05) is 18.1 Å². The first-order valence-corrected chi connectivity index (χ1v) is 9.08. The number of carbonyl (C=O) groups excluding carboxylic acids is 2. The van der Waals surface area contributed by atoms with Crippen LogP contribution in [0.15, 0.2) is 18.5 Å². The molecular weight excluding hydrogens is 388 g/mol. The molecule has 4 heterocycles. The number of hydrogen-bond donors (Lipinski definition) is 1. The predicted octanol–water partition coefficient (Wildman–Crippen LogP) is 1.59. The highest BCUT2D eigenvalue weighted by Gasteiger charge is 2.42. The average molecular weight is 407 g/mol. The Morgan fingerprint density at radius 1 is 1.41 bits per heavy atom. The lowest BCUT2D eigenvalue weighted by Gasteiger charge is -2.17. The highest BCUT2D eigenvalue weighted by molar-refractivity contribution is 5.89. The molecule has 0 radical (unpaired) electrons. The number of aromatic nitrogens is 3. The summed E-state index contributed by atoms with van der Waals surface area (Å²) in [7, 11) is 0. The van der Waals surface area contributed by atoms with Gasteiger partial charge in [0.25, 0.3) is 6.43 Å². The molecule has 0 unspecified atom stereocenters. The second kappa shape index (κ2) is 7.30. The number of nitrogens with two attached hydrogens (primary N) is 1. The van der Waals surface area contributed by atoms with Crippen LogP contribution in [0, 0.1) is 5.92 Å². The molecule has 0 saturated carbocycles. The van der Waals surface area contributed by atoms with E-state index in [1.54, 1.807) is 23.8 Å². The molecule has 2 aromatic rings. The Labute approximate surface area is 164 Å². The van der Waals surface area contributed by atoms with Crippen LogP contribution in [0.25, 0.3) is 11.5 Å². The third-order valence-electron chi connectivity index (χ3n) is 4.95. The van der Waals surface area contributed by atoms with Gasteiger partial charge in [0.1, 0.15) is 30.7 Å². The molecule has 29 heavy (non-hydrogen) atoms. The van der Waals surface area contributed by atoms with Crippen molar-refractivity contribution >= 4 is 17.8 Å². The number of imidazole rings is 1. The van der Waals surface area contributed by atoms with Gasteiger partial charge in [-0.15, -0.1) is 0 Å². The van der Waals surface area contributed by atoms with E-state index < -0.39 is 31.1 Å². The monoisotopic (exact) mass is 407 g/mol. The number of halogens is 2. The van der Waals surface area contributed by atoms with Gasteiger partial charge in [-0.05, 0) is 18.1 Å². The summed E-state index contributed by atoms with van der Waals surface area (Å²) in [5.74, 6) is 0.168. The zero-order valence-electron chi connectivity index (χ0n) is 15.5. The Balaban J connectivity index is 1.68. The molecule has 2 amide bonds. The van der Waals surface area contributed by atoms with Crippen LogP contribution in [-0.2, 0) is 22.5 Å². The number of amides is 2. The summed E-state index contributed by atoms with van der Waals surface area (Å²) in [6, 6.07) is 0.376. The molecule has 2 N–H and O–H groups in total. The smallest absolute Gasteiger partial charge is 0.416 e. The van der Waals surface area contributed by atoms with Crippen LogP contribution in [0.1, 0.15) is 12.5 Å². The van der Waals surface area contributed by atoms with Crippen molar-refractivity contribution in [1.82, 2.24) is 14.5 Å². The van der Waals surface area contributed by atoms with Gasteiger partial charge >= 0.3 is 6.09 Å². The molecule has 2 aliphatic rings. The van der Waals surface area contributed by atoms with Crippen molar-refractivity contribution in [3.05, 3.63) is 24.0 Å². The van der Waals surface area contributed by atoms with Crippen LogP contribution in [0.5, 0.6) is 5.75 Å². The van der Waals surface area contributed by atoms with Crippen LogP contribution < -0.4 is 15.4 Å². The van der Waals surface area contributed by atoms with Gasteiger partial charge in [0.2, 0.25) is 5.91 Å². The summed E-state index contributed by atoms with van der Waals surface area (Å²) in [5, 5.41) is 0. The Morgan fingerprint density at radius 3 is 2.93 bits per heavy atom. The van der Waals surface area contributed by atoms with E-state index in [0.29, 0.717) is 36.8 Å². The van der Waals surface area contributed by atoms with Crippen LogP contribution in [-0.4, -0.2) is 52.2 Å². The van der Waals surface area contributed by atoms with E-state index in [2.05, 4.69) is 9.97 Å². The molecular formula is C18H19F2N5O4. The maximum Gasteiger partial charge on any atom is 0.416 e. The first-order valence-electron chi connectivity index (χ1n) is 9.08. The molecule has 11 heteroatoms. The van der Waals surface area contributed by atoms with Crippen LogP contribution in [0.3, 0.4) is 0 Å². The fourth-order valence-corrected chi connectivity index (χ4v) is 3.35. The highest BCUT2D eigenvalue weighted by atomic mass is 19.3. The predicted molar refractivity (Wildman–Crippen MR) is 96.6 cm³/mol. The normalized spacial score (nSPS) is 19.2. The lowest BCUT2D eigenvalue weighted by Crippen LogP contribution is -2.38. The SMILES string of the molecule is C[C@H](Cc1cnc2c(c1)OCCn1cc(N3C(=O)OC[C@H]3C(F)F)nc1-2)C(N)=O. The maximum absolute atomic E-state index is 13.3. The van der Waals surface area contributed by atoms with Crippen molar-refractivity contribution in [1.29, 1.82) is 0 Å². The third kappa shape index (κ3) is 3.47. The van der Waals surface area contributed by atoms with Crippen LogP contribution in [0.4, 0.5) is 19.4 Å². The van der Waals surface area contributed by atoms with Crippen molar-refractivity contribution in [3.8, 4) is 17.3 Å². The molecule has 1 fully saturated rings. The number of pyridine rings is 1. The number of fused-ring (bicyclic) bond motifs is 3. The van der Waals surface area contributed by atoms with Crippen molar-refractivity contribution in [2.45, 2.75) is 32.4 Å². The van der Waals surface area contributed by atoms with Crippen molar-refractivity contribution < 1.29 is 27.8 Å². The number of anilines is 1. The Kier molecular flexibility index (Phi) is 4.81. The summed E-state index contributed by atoms with van der Waals surface area (Å²) in [6.07, 6.45) is -0.0951. The zero-order chi connectivity index (χ0) is 20.7. The summed E-state index contributed by atoms with van der Waals surface area (Å²) in [4.78, 5) is 32.9. The van der Waals surface area contributed by atoms with Gasteiger partial charge < -0.3 is 19.8 Å². The van der Waals surface area contributed by atoms with E-state index in [-0.39, 0.29) is 11.7 Å². The van der Waals surface area contributed by atoms with Gasteiger partial charge in [-0.2, -0.15) is 0 Å². The van der Waals surface area contributed by atoms with E-state index in [0.717, 1.165) is 10.5 Å². The van der Waals surface area contributed by atoms with Gasteiger partial charge in [0.15, 0.2) is 11.6 Å². The zero-order valence-corrected chi connectivity index (χ0v) is 15.5. The third-order valence-corrected chi connectivity index (χ3v) is 4.95. The Hall–Kier alpha value is -3.24. The number of hydrogen-bond acceptors (Lipinski definition) is 6. The molecule has 1 saturated heterocycles. The topological polar surface area (TPSA) is 113 Å². The van der Waals surface area contributed by atoms with Crippen molar-refractivity contribution in [2.24, 2.45) is 11.7 Å². The quantitative estimate of drug-likeness (QED) is 0.806. The molecule has 9 nitrogen and oxygen atoms in total. The second-order valence-corrected chi connectivity index (χ2v) is 7.01.